The fourth-order valence-electron chi connectivity index (χ4n) is 5.49. The van der Waals surface area contributed by atoms with Crippen molar-refractivity contribution < 1.29 is 10.2 Å². The van der Waals surface area contributed by atoms with Crippen molar-refractivity contribution in [3.63, 3.8) is 0 Å². The van der Waals surface area contributed by atoms with Gasteiger partial charge in [0.1, 0.15) is 5.75 Å². The third kappa shape index (κ3) is 2.19. The number of hydrogen-bond acceptors (Lipinski definition) is 2. The Morgan fingerprint density at radius 1 is 1.14 bits per heavy atom. The minimum atomic E-state index is -0.280. The highest BCUT2D eigenvalue weighted by Crippen LogP contribution is 2.57. The molecule has 1 aromatic rings. The van der Waals surface area contributed by atoms with Crippen LogP contribution in [-0.2, 0) is 11.8 Å². The summed E-state index contributed by atoms with van der Waals surface area (Å²) in [6.45, 7) is 11.1. The maximum atomic E-state index is 10.9. The summed E-state index contributed by atoms with van der Waals surface area (Å²) in [6.07, 6.45) is 3.91. The topological polar surface area (TPSA) is 40.5 Å². The number of aromatic hydroxyl groups is 1. The smallest absolute Gasteiger partial charge is 0.119 e. The van der Waals surface area contributed by atoms with Gasteiger partial charge in [0.05, 0.1) is 6.10 Å². The molecule has 2 heteroatoms. The molecule has 1 fully saturated rings. The van der Waals surface area contributed by atoms with Gasteiger partial charge < -0.3 is 10.2 Å². The fourth-order valence-corrected chi connectivity index (χ4v) is 5.49. The van der Waals surface area contributed by atoms with Crippen molar-refractivity contribution in [2.75, 3.05) is 0 Å². The molecule has 3 atom stereocenters. The van der Waals surface area contributed by atoms with Gasteiger partial charge in [0.15, 0.2) is 0 Å². The molecule has 0 saturated heterocycles. The van der Waals surface area contributed by atoms with Crippen molar-refractivity contribution in [1.82, 2.24) is 0 Å². The number of aliphatic hydroxyl groups is 1. The van der Waals surface area contributed by atoms with Crippen LogP contribution in [0.25, 0.3) is 0 Å². The molecule has 22 heavy (non-hydrogen) atoms. The van der Waals surface area contributed by atoms with Crippen LogP contribution in [0.4, 0.5) is 0 Å². The monoisotopic (exact) mass is 302 g/mol. The van der Waals surface area contributed by atoms with Gasteiger partial charge >= 0.3 is 0 Å². The lowest BCUT2D eigenvalue weighted by molar-refractivity contribution is -0.0535. The van der Waals surface area contributed by atoms with Crippen LogP contribution in [0.5, 0.6) is 5.75 Å². The van der Waals surface area contributed by atoms with Crippen LogP contribution in [0.3, 0.4) is 0 Å². The SMILES string of the molecule is CC(C)c1cc2c(cc1O)[C@@]1(C)CCCC(C)(C)[C@@H]1[C@@H](O)C2. The van der Waals surface area contributed by atoms with Crippen molar-refractivity contribution in [2.24, 2.45) is 11.3 Å². The van der Waals surface area contributed by atoms with E-state index in [1.165, 1.54) is 24.0 Å². The molecule has 0 aromatic heterocycles. The van der Waals surface area contributed by atoms with Gasteiger partial charge in [0.2, 0.25) is 0 Å². The quantitative estimate of drug-likeness (QED) is 0.801. The number of fused-ring (bicyclic) bond motifs is 3. The zero-order valence-corrected chi connectivity index (χ0v) is 14.6. The lowest BCUT2D eigenvalue weighted by atomic mass is 9.49. The van der Waals surface area contributed by atoms with Crippen molar-refractivity contribution in [3.05, 3.63) is 28.8 Å². The molecule has 2 nitrogen and oxygen atoms in total. The molecular formula is C20H30O2. The molecule has 3 rings (SSSR count). The van der Waals surface area contributed by atoms with E-state index in [-0.39, 0.29) is 22.9 Å². The molecule has 0 aliphatic heterocycles. The second-order valence-electron chi connectivity index (χ2n) is 8.73. The Bertz CT molecular complexity index is 588. The second-order valence-corrected chi connectivity index (χ2v) is 8.73. The summed E-state index contributed by atoms with van der Waals surface area (Å²) in [6, 6.07) is 4.15. The molecule has 2 aliphatic carbocycles. The third-order valence-electron chi connectivity index (χ3n) is 6.35. The van der Waals surface area contributed by atoms with E-state index < -0.39 is 0 Å². The highest BCUT2D eigenvalue weighted by atomic mass is 16.3. The summed E-state index contributed by atoms with van der Waals surface area (Å²) in [4.78, 5) is 0. The maximum Gasteiger partial charge on any atom is 0.119 e. The van der Waals surface area contributed by atoms with Gasteiger partial charge in [-0.05, 0) is 64.7 Å². The van der Waals surface area contributed by atoms with E-state index in [1.54, 1.807) is 0 Å². The summed E-state index contributed by atoms with van der Waals surface area (Å²) in [5, 5.41) is 21.4. The zero-order valence-electron chi connectivity index (χ0n) is 14.6. The molecule has 0 radical (unpaired) electrons. The standard InChI is InChI=1S/C20H30O2/c1-12(2)14-9-13-10-17(22)18-19(3,4)7-6-8-20(18,5)15(13)11-16(14)21/h9,11-12,17-18,21-22H,6-8,10H2,1-5H3/t17-,18-,20+/m0/s1. The molecule has 122 valence electrons. The first-order valence-corrected chi connectivity index (χ1v) is 8.71. The molecule has 2 N–H and O–H groups in total. The molecule has 0 unspecified atom stereocenters. The van der Waals surface area contributed by atoms with Gasteiger partial charge in [0, 0.05) is 0 Å². The van der Waals surface area contributed by atoms with E-state index in [0.29, 0.717) is 11.7 Å². The summed E-state index contributed by atoms with van der Waals surface area (Å²) < 4.78 is 0. The summed E-state index contributed by atoms with van der Waals surface area (Å²) >= 11 is 0. The number of aliphatic hydroxyl groups excluding tert-OH is 1. The van der Waals surface area contributed by atoms with Gasteiger partial charge in [-0.3, -0.25) is 0 Å². The van der Waals surface area contributed by atoms with Crippen LogP contribution in [0.1, 0.15) is 76.5 Å². The number of rotatable bonds is 1. The summed E-state index contributed by atoms with van der Waals surface area (Å²) in [5.74, 6) is 0.995. The lowest BCUT2D eigenvalue weighted by Gasteiger charge is -2.56. The summed E-state index contributed by atoms with van der Waals surface area (Å²) in [5.41, 5.74) is 3.64. The Hall–Kier alpha value is -1.02. The van der Waals surface area contributed by atoms with Crippen LogP contribution in [0.2, 0.25) is 0 Å². The molecule has 0 bridgehead atoms. The van der Waals surface area contributed by atoms with E-state index >= 15 is 0 Å². The molecule has 0 heterocycles. The fraction of sp³-hybridized carbons (Fsp3) is 0.700. The Kier molecular flexibility index (Phi) is 3.60. The Balaban J connectivity index is 2.17. The van der Waals surface area contributed by atoms with Crippen LogP contribution in [0.15, 0.2) is 12.1 Å². The first kappa shape index (κ1) is 15.9. The maximum absolute atomic E-state index is 10.9. The van der Waals surface area contributed by atoms with Crippen LogP contribution in [0, 0.1) is 11.3 Å². The normalized spacial score (nSPS) is 33.4. The molecule has 2 aliphatic rings. The first-order valence-electron chi connectivity index (χ1n) is 8.71. The van der Waals surface area contributed by atoms with Gasteiger partial charge in [0.25, 0.3) is 0 Å². The summed E-state index contributed by atoms with van der Waals surface area (Å²) in [7, 11) is 0. The van der Waals surface area contributed by atoms with Crippen LogP contribution >= 0.6 is 0 Å². The average Bonchev–Trinajstić information content (AvgIpc) is 2.37. The van der Waals surface area contributed by atoms with Gasteiger partial charge in [-0.25, -0.2) is 0 Å². The van der Waals surface area contributed by atoms with E-state index in [9.17, 15) is 10.2 Å². The highest BCUT2D eigenvalue weighted by Gasteiger charge is 2.53. The largest absolute Gasteiger partial charge is 0.508 e. The minimum absolute atomic E-state index is 0.0261. The number of phenolic OH excluding ortho intramolecular Hbond substituents is 1. The van der Waals surface area contributed by atoms with Crippen molar-refractivity contribution in [2.45, 2.75) is 77.7 Å². The average molecular weight is 302 g/mol. The minimum Gasteiger partial charge on any atom is -0.508 e. The van der Waals surface area contributed by atoms with Crippen molar-refractivity contribution in [1.29, 1.82) is 0 Å². The van der Waals surface area contributed by atoms with Gasteiger partial charge in [-0.15, -0.1) is 0 Å². The predicted molar refractivity (Wildman–Crippen MR) is 90.4 cm³/mol. The first-order chi connectivity index (χ1) is 10.2. The Labute approximate surface area is 134 Å². The molecular weight excluding hydrogens is 272 g/mol. The predicted octanol–water partition coefficient (Wildman–Crippen LogP) is 4.52. The van der Waals surface area contributed by atoms with Crippen molar-refractivity contribution >= 4 is 0 Å². The zero-order chi connectivity index (χ0) is 16.3. The van der Waals surface area contributed by atoms with Crippen LogP contribution in [-0.4, -0.2) is 16.3 Å². The van der Waals surface area contributed by atoms with E-state index in [4.69, 9.17) is 0 Å². The van der Waals surface area contributed by atoms with Gasteiger partial charge in [-0.1, -0.05) is 47.1 Å². The molecule has 0 amide bonds. The number of phenols is 1. The highest BCUT2D eigenvalue weighted by molar-refractivity contribution is 5.49. The lowest BCUT2D eigenvalue weighted by Crippen LogP contribution is -2.54. The van der Waals surface area contributed by atoms with Crippen molar-refractivity contribution in [3.8, 4) is 5.75 Å². The molecule has 0 spiro atoms. The van der Waals surface area contributed by atoms with E-state index in [1.807, 2.05) is 6.07 Å². The molecule has 1 saturated carbocycles. The second kappa shape index (κ2) is 4.99. The van der Waals surface area contributed by atoms with E-state index in [0.717, 1.165) is 18.4 Å². The van der Waals surface area contributed by atoms with Crippen LogP contribution < -0.4 is 0 Å². The van der Waals surface area contributed by atoms with Gasteiger partial charge in [-0.2, -0.15) is 0 Å². The molecule has 1 aromatic carbocycles. The van der Waals surface area contributed by atoms with E-state index in [2.05, 4.69) is 40.7 Å². The number of hydrogen-bond donors (Lipinski definition) is 2. The Morgan fingerprint density at radius 2 is 1.82 bits per heavy atom. The number of benzene rings is 1. The third-order valence-corrected chi connectivity index (χ3v) is 6.35. The Morgan fingerprint density at radius 3 is 2.45 bits per heavy atom.